The maximum atomic E-state index is 8.50. The third-order valence-electron chi connectivity index (χ3n) is 1.57. The summed E-state index contributed by atoms with van der Waals surface area (Å²) in [5.74, 6) is 0.801. The Morgan fingerprint density at radius 1 is 1.33 bits per heavy atom. The Morgan fingerprint density at radius 2 is 2.00 bits per heavy atom. The predicted molar refractivity (Wildman–Crippen MR) is 50.3 cm³/mol. The normalized spacial score (nSPS) is 9.50. The number of hydrogen-bond donors (Lipinski definition) is 1. The van der Waals surface area contributed by atoms with E-state index < -0.39 is 0 Å². The van der Waals surface area contributed by atoms with Crippen LogP contribution in [-0.4, -0.2) is 25.6 Å². The van der Waals surface area contributed by atoms with Crippen molar-refractivity contribution in [2.45, 2.75) is 6.82 Å². The van der Waals surface area contributed by atoms with E-state index in [1.807, 2.05) is 38.4 Å². The van der Waals surface area contributed by atoms with Gasteiger partial charge in [-0.1, -0.05) is 24.4 Å². The van der Waals surface area contributed by atoms with E-state index in [1.54, 1.807) is 0 Å². The molecule has 0 saturated heterocycles. The van der Waals surface area contributed by atoms with Crippen molar-refractivity contribution in [1.29, 1.82) is 0 Å². The van der Waals surface area contributed by atoms with Crippen molar-refractivity contribution < 1.29 is 9.84 Å². The van der Waals surface area contributed by atoms with E-state index in [0.717, 1.165) is 5.75 Å². The first-order chi connectivity index (χ1) is 5.86. The lowest BCUT2D eigenvalue weighted by Crippen LogP contribution is -2.09. The van der Waals surface area contributed by atoms with E-state index in [9.17, 15) is 0 Å². The molecule has 2 nitrogen and oxygen atoms in total. The summed E-state index contributed by atoms with van der Waals surface area (Å²) in [5.41, 5.74) is 1.17. The molecular weight excluding hydrogens is 151 g/mol. The quantitative estimate of drug-likeness (QED) is 0.652. The Morgan fingerprint density at radius 3 is 2.50 bits per heavy atom. The first-order valence-electron chi connectivity index (χ1n) is 4.00. The molecule has 3 heteroatoms. The van der Waals surface area contributed by atoms with E-state index in [1.165, 1.54) is 5.46 Å². The largest absolute Gasteiger partial charge is 0.491 e. The van der Waals surface area contributed by atoms with Crippen molar-refractivity contribution in [2.24, 2.45) is 0 Å². The molecule has 1 N–H and O–H groups in total. The van der Waals surface area contributed by atoms with Crippen LogP contribution in [0.25, 0.3) is 0 Å². The van der Waals surface area contributed by atoms with Gasteiger partial charge in [0.25, 0.3) is 0 Å². The second-order valence-electron chi connectivity index (χ2n) is 2.43. The number of benzene rings is 1. The summed E-state index contributed by atoms with van der Waals surface area (Å²) in [5, 5.41) is 8.50. The monoisotopic (exact) mass is 163 g/mol. The molecule has 0 heterocycles. The molecule has 1 aromatic carbocycles. The summed E-state index contributed by atoms with van der Waals surface area (Å²) < 4.78 is 5.19. The Labute approximate surface area is 73.4 Å². The number of aliphatic hydroxyl groups excluding tert-OH is 1. The zero-order valence-electron chi connectivity index (χ0n) is 7.16. The lowest BCUT2D eigenvalue weighted by Gasteiger charge is -2.03. The fourth-order valence-corrected chi connectivity index (χ4v) is 0.920. The molecule has 0 aliphatic rings. The lowest BCUT2D eigenvalue weighted by molar-refractivity contribution is 0.201. The second kappa shape index (κ2) is 4.83. The molecule has 0 unspecified atom stereocenters. The van der Waals surface area contributed by atoms with Crippen molar-refractivity contribution >= 4 is 12.7 Å². The molecule has 12 heavy (non-hydrogen) atoms. The van der Waals surface area contributed by atoms with Gasteiger partial charge in [0.2, 0.25) is 0 Å². The molecule has 0 atom stereocenters. The van der Waals surface area contributed by atoms with Crippen LogP contribution in [0.4, 0.5) is 0 Å². The number of ether oxygens (including phenoxy) is 1. The van der Waals surface area contributed by atoms with Crippen molar-refractivity contribution in [2.75, 3.05) is 13.2 Å². The summed E-state index contributed by atoms with van der Waals surface area (Å²) in [4.78, 5) is 0. The summed E-state index contributed by atoms with van der Waals surface area (Å²) >= 11 is 0. The summed E-state index contributed by atoms with van der Waals surface area (Å²) in [6.07, 6.45) is 0. The molecule has 0 aliphatic heterocycles. The third kappa shape index (κ3) is 2.59. The Kier molecular flexibility index (Phi) is 3.68. The van der Waals surface area contributed by atoms with Gasteiger partial charge in [-0.05, 0) is 12.1 Å². The SMILES string of the molecule is C[B]c1ccc(OCCO)cc1. The fourth-order valence-electron chi connectivity index (χ4n) is 0.920. The number of aliphatic hydroxyl groups is 1. The molecule has 0 saturated carbocycles. The van der Waals surface area contributed by atoms with Gasteiger partial charge < -0.3 is 9.84 Å². The maximum absolute atomic E-state index is 8.50. The van der Waals surface area contributed by atoms with Crippen LogP contribution in [-0.2, 0) is 0 Å². The minimum Gasteiger partial charge on any atom is -0.491 e. The van der Waals surface area contributed by atoms with Gasteiger partial charge in [0.05, 0.1) is 6.61 Å². The molecule has 1 aromatic rings. The van der Waals surface area contributed by atoms with Crippen molar-refractivity contribution in [3.63, 3.8) is 0 Å². The third-order valence-corrected chi connectivity index (χ3v) is 1.57. The molecule has 0 aliphatic carbocycles. The topological polar surface area (TPSA) is 29.5 Å². The highest BCUT2D eigenvalue weighted by atomic mass is 16.5. The van der Waals surface area contributed by atoms with E-state index in [-0.39, 0.29) is 6.61 Å². The van der Waals surface area contributed by atoms with E-state index >= 15 is 0 Å². The fraction of sp³-hybridized carbons (Fsp3) is 0.333. The van der Waals surface area contributed by atoms with Gasteiger partial charge >= 0.3 is 0 Å². The average molecular weight is 163 g/mol. The molecule has 1 rings (SSSR count). The average Bonchev–Trinajstić information content (AvgIpc) is 2.15. The van der Waals surface area contributed by atoms with Gasteiger partial charge in [-0.2, -0.15) is 0 Å². The van der Waals surface area contributed by atoms with E-state index in [2.05, 4.69) is 0 Å². The minimum absolute atomic E-state index is 0.0572. The van der Waals surface area contributed by atoms with Gasteiger partial charge in [0, 0.05) is 0 Å². The number of hydrogen-bond acceptors (Lipinski definition) is 2. The molecule has 1 radical (unpaired) electrons. The second-order valence-corrected chi connectivity index (χ2v) is 2.43. The first kappa shape index (κ1) is 9.14. The highest BCUT2D eigenvalue weighted by Gasteiger charge is 1.92. The summed E-state index contributed by atoms with van der Waals surface area (Å²) in [7, 11) is 2.02. The molecule has 0 aromatic heterocycles. The van der Waals surface area contributed by atoms with Crippen LogP contribution >= 0.6 is 0 Å². The van der Waals surface area contributed by atoms with Gasteiger partial charge in [0.15, 0.2) is 0 Å². The van der Waals surface area contributed by atoms with Gasteiger partial charge in [0.1, 0.15) is 19.6 Å². The standard InChI is InChI=1S/C9H12BO2/c1-10-8-2-4-9(5-3-8)12-7-6-11/h2-5,11H,6-7H2,1H3. The Bertz CT molecular complexity index is 220. The Hall–Kier alpha value is -0.955. The van der Waals surface area contributed by atoms with E-state index in [4.69, 9.17) is 9.84 Å². The highest BCUT2D eigenvalue weighted by Crippen LogP contribution is 2.06. The molecule has 0 fully saturated rings. The summed E-state index contributed by atoms with van der Waals surface area (Å²) in [6, 6.07) is 7.75. The van der Waals surface area contributed by atoms with Crippen LogP contribution in [0.5, 0.6) is 5.75 Å². The predicted octanol–water partition coefficient (Wildman–Crippen LogP) is 0.435. The first-order valence-corrected chi connectivity index (χ1v) is 4.00. The number of rotatable bonds is 4. The van der Waals surface area contributed by atoms with Crippen LogP contribution in [0.1, 0.15) is 0 Å². The zero-order valence-corrected chi connectivity index (χ0v) is 7.16. The molecular formula is C9H12BO2. The van der Waals surface area contributed by atoms with Crippen molar-refractivity contribution in [3.8, 4) is 5.75 Å². The van der Waals surface area contributed by atoms with Crippen LogP contribution in [0.2, 0.25) is 6.82 Å². The van der Waals surface area contributed by atoms with Crippen LogP contribution in [0.15, 0.2) is 24.3 Å². The van der Waals surface area contributed by atoms with Crippen LogP contribution < -0.4 is 10.2 Å². The van der Waals surface area contributed by atoms with Crippen molar-refractivity contribution in [3.05, 3.63) is 24.3 Å². The minimum atomic E-state index is 0.0572. The lowest BCUT2D eigenvalue weighted by atomic mass is 9.73. The zero-order chi connectivity index (χ0) is 8.81. The van der Waals surface area contributed by atoms with Gasteiger partial charge in [-0.15, -0.1) is 0 Å². The van der Waals surface area contributed by atoms with E-state index in [0.29, 0.717) is 6.61 Å². The molecule has 0 amide bonds. The Balaban J connectivity index is 2.53. The van der Waals surface area contributed by atoms with Gasteiger partial charge in [-0.3, -0.25) is 0 Å². The van der Waals surface area contributed by atoms with Crippen LogP contribution in [0.3, 0.4) is 0 Å². The smallest absolute Gasteiger partial charge is 0.148 e. The van der Waals surface area contributed by atoms with Crippen LogP contribution in [0, 0.1) is 0 Å². The molecule has 0 bridgehead atoms. The molecule has 0 spiro atoms. The van der Waals surface area contributed by atoms with Crippen molar-refractivity contribution in [1.82, 2.24) is 0 Å². The highest BCUT2D eigenvalue weighted by molar-refractivity contribution is 6.51. The summed E-state index contributed by atoms with van der Waals surface area (Å²) in [6.45, 7) is 2.40. The maximum Gasteiger partial charge on any atom is 0.148 e. The van der Waals surface area contributed by atoms with Gasteiger partial charge in [-0.25, -0.2) is 0 Å². The molecule has 63 valence electrons.